The Hall–Kier alpha value is -3.31. The third-order valence-electron chi connectivity index (χ3n) is 3.22. The van der Waals surface area contributed by atoms with Gasteiger partial charge in [-0.25, -0.2) is 4.79 Å². The Morgan fingerprint density at radius 2 is 2.08 bits per heavy atom. The maximum absolute atomic E-state index is 11.8. The maximum Gasteiger partial charge on any atom is 0.331 e. The highest BCUT2D eigenvalue weighted by Gasteiger charge is 2.11. The fourth-order valence-electron chi connectivity index (χ4n) is 2.04. The van der Waals surface area contributed by atoms with Crippen LogP contribution in [0.15, 0.2) is 35.7 Å². The predicted octanol–water partition coefficient (Wildman–Crippen LogP) is 2.83. The number of benzene rings is 1. The zero-order valence-corrected chi connectivity index (χ0v) is 15.0. The molecule has 0 aliphatic rings. The standard InChI is InChI=1S/C18H16N2O5S/c1-23-14-5-3-4-12(17(14)24-2)6-7-16(22)25-11-15(21)20-18-13(10-19)8-9-26-18/h3-9H,11H2,1-2H3,(H,20,21)/b7-6+. The molecule has 1 aromatic carbocycles. The number of amides is 1. The van der Waals surface area contributed by atoms with E-state index in [9.17, 15) is 9.59 Å². The van der Waals surface area contributed by atoms with E-state index in [1.54, 1.807) is 29.6 Å². The minimum Gasteiger partial charge on any atom is -0.493 e. The fraction of sp³-hybridized carbons (Fsp3) is 0.167. The van der Waals surface area contributed by atoms with Crippen LogP contribution >= 0.6 is 11.3 Å². The van der Waals surface area contributed by atoms with E-state index >= 15 is 0 Å². The van der Waals surface area contributed by atoms with Crippen molar-refractivity contribution in [1.29, 1.82) is 5.26 Å². The molecule has 7 nitrogen and oxygen atoms in total. The molecule has 1 heterocycles. The molecule has 8 heteroatoms. The molecule has 0 bridgehead atoms. The van der Waals surface area contributed by atoms with Gasteiger partial charge in [-0.15, -0.1) is 11.3 Å². The van der Waals surface area contributed by atoms with Gasteiger partial charge in [0.2, 0.25) is 0 Å². The van der Waals surface area contributed by atoms with E-state index in [4.69, 9.17) is 19.5 Å². The number of nitrogens with one attached hydrogen (secondary N) is 1. The smallest absolute Gasteiger partial charge is 0.331 e. The second kappa shape index (κ2) is 9.25. The van der Waals surface area contributed by atoms with Gasteiger partial charge in [-0.2, -0.15) is 5.26 Å². The van der Waals surface area contributed by atoms with Gasteiger partial charge in [-0.05, 0) is 23.6 Å². The maximum atomic E-state index is 11.8. The molecule has 0 aliphatic heterocycles. The van der Waals surface area contributed by atoms with Crippen LogP contribution in [-0.2, 0) is 14.3 Å². The minimum atomic E-state index is -0.684. The number of carbonyl (C=O) groups excluding carboxylic acids is 2. The third-order valence-corrected chi connectivity index (χ3v) is 4.05. The van der Waals surface area contributed by atoms with Crippen molar-refractivity contribution in [3.8, 4) is 17.6 Å². The monoisotopic (exact) mass is 372 g/mol. The van der Waals surface area contributed by atoms with Crippen molar-refractivity contribution in [3.63, 3.8) is 0 Å². The van der Waals surface area contributed by atoms with E-state index in [2.05, 4.69) is 5.32 Å². The summed E-state index contributed by atoms with van der Waals surface area (Å²) in [5.74, 6) is -0.188. The van der Waals surface area contributed by atoms with Gasteiger partial charge >= 0.3 is 5.97 Å². The van der Waals surface area contributed by atoms with Gasteiger partial charge in [0.25, 0.3) is 5.91 Å². The second-order valence-corrected chi connectivity index (χ2v) is 5.76. The predicted molar refractivity (Wildman–Crippen MR) is 97.2 cm³/mol. The summed E-state index contributed by atoms with van der Waals surface area (Å²) in [7, 11) is 3.02. The van der Waals surface area contributed by atoms with Crippen LogP contribution in [0, 0.1) is 11.3 Å². The average Bonchev–Trinajstić information content (AvgIpc) is 3.11. The molecular weight excluding hydrogens is 356 g/mol. The van der Waals surface area contributed by atoms with Crippen molar-refractivity contribution < 1.29 is 23.8 Å². The van der Waals surface area contributed by atoms with E-state index < -0.39 is 18.5 Å². The molecule has 0 saturated heterocycles. The Morgan fingerprint density at radius 1 is 1.27 bits per heavy atom. The molecule has 2 aromatic rings. The highest BCUT2D eigenvalue weighted by molar-refractivity contribution is 7.14. The van der Waals surface area contributed by atoms with Gasteiger partial charge in [-0.1, -0.05) is 12.1 Å². The van der Waals surface area contributed by atoms with Crippen molar-refractivity contribution >= 4 is 34.3 Å². The topological polar surface area (TPSA) is 97.6 Å². The van der Waals surface area contributed by atoms with E-state index in [0.717, 1.165) is 0 Å². The van der Waals surface area contributed by atoms with Crippen LogP contribution in [0.5, 0.6) is 11.5 Å². The van der Waals surface area contributed by atoms with Crippen LogP contribution in [0.4, 0.5) is 5.00 Å². The fourth-order valence-corrected chi connectivity index (χ4v) is 2.80. The first-order valence-electron chi connectivity index (χ1n) is 7.42. The number of nitrogens with zero attached hydrogens (tertiary/aromatic N) is 1. The van der Waals surface area contributed by atoms with Crippen molar-refractivity contribution in [2.75, 3.05) is 26.1 Å². The molecule has 2 rings (SSSR count). The summed E-state index contributed by atoms with van der Waals surface area (Å²) in [6.07, 6.45) is 2.70. The van der Waals surface area contributed by atoms with Crippen molar-refractivity contribution in [2.45, 2.75) is 0 Å². The molecule has 0 fully saturated rings. The number of hydrogen-bond acceptors (Lipinski definition) is 7. The van der Waals surface area contributed by atoms with Crippen LogP contribution < -0.4 is 14.8 Å². The Labute approximate surface area is 154 Å². The van der Waals surface area contributed by atoms with E-state index in [0.29, 0.717) is 27.6 Å². The Morgan fingerprint density at radius 3 is 2.77 bits per heavy atom. The number of esters is 1. The highest BCUT2D eigenvalue weighted by atomic mass is 32.1. The average molecular weight is 372 g/mol. The van der Waals surface area contributed by atoms with Crippen LogP contribution in [0.25, 0.3) is 6.08 Å². The van der Waals surface area contributed by atoms with Crippen molar-refractivity contribution in [1.82, 2.24) is 0 Å². The number of thiophene rings is 1. The van der Waals surface area contributed by atoms with Gasteiger partial charge in [0.05, 0.1) is 19.8 Å². The lowest BCUT2D eigenvalue weighted by molar-refractivity contribution is -0.142. The highest BCUT2D eigenvalue weighted by Crippen LogP contribution is 2.31. The number of para-hydroxylation sites is 1. The van der Waals surface area contributed by atoms with Crippen LogP contribution in [0.3, 0.4) is 0 Å². The number of hydrogen-bond donors (Lipinski definition) is 1. The number of methoxy groups -OCH3 is 2. The number of nitriles is 1. The van der Waals surface area contributed by atoms with Crippen LogP contribution in [-0.4, -0.2) is 32.7 Å². The zero-order chi connectivity index (χ0) is 18.9. The Balaban J connectivity index is 1.92. The number of carbonyl (C=O) groups is 2. The lowest BCUT2D eigenvalue weighted by Crippen LogP contribution is -2.20. The van der Waals surface area contributed by atoms with Gasteiger partial charge < -0.3 is 19.5 Å². The lowest BCUT2D eigenvalue weighted by atomic mass is 10.1. The SMILES string of the molecule is COc1cccc(/C=C/C(=O)OCC(=O)Nc2sccc2C#N)c1OC. The number of ether oxygens (including phenoxy) is 3. The van der Waals surface area contributed by atoms with Crippen LogP contribution in [0.1, 0.15) is 11.1 Å². The van der Waals surface area contributed by atoms with E-state index in [-0.39, 0.29) is 0 Å². The molecular formula is C18H16N2O5S. The molecule has 0 saturated carbocycles. The molecule has 0 spiro atoms. The second-order valence-electron chi connectivity index (χ2n) is 4.85. The van der Waals surface area contributed by atoms with E-state index in [1.165, 1.54) is 37.7 Å². The summed E-state index contributed by atoms with van der Waals surface area (Å²) in [4.78, 5) is 23.6. The third kappa shape index (κ3) is 4.84. The molecule has 0 radical (unpaired) electrons. The lowest BCUT2D eigenvalue weighted by Gasteiger charge is -2.09. The Bertz CT molecular complexity index is 867. The molecule has 134 valence electrons. The summed E-state index contributed by atoms with van der Waals surface area (Å²) < 4.78 is 15.3. The quantitative estimate of drug-likeness (QED) is 0.593. The van der Waals surface area contributed by atoms with Crippen molar-refractivity contribution in [2.24, 2.45) is 0 Å². The van der Waals surface area contributed by atoms with E-state index in [1.807, 2.05) is 6.07 Å². The number of rotatable bonds is 7. The summed E-state index contributed by atoms with van der Waals surface area (Å²) in [6.45, 7) is -0.457. The van der Waals surface area contributed by atoms with Gasteiger partial charge in [0, 0.05) is 11.6 Å². The first kappa shape index (κ1) is 19.0. The van der Waals surface area contributed by atoms with Crippen molar-refractivity contribution in [3.05, 3.63) is 46.8 Å². The van der Waals surface area contributed by atoms with Gasteiger partial charge in [0.1, 0.15) is 11.1 Å². The molecule has 26 heavy (non-hydrogen) atoms. The summed E-state index contributed by atoms with van der Waals surface area (Å²) in [5.41, 5.74) is 0.991. The van der Waals surface area contributed by atoms with Crippen LogP contribution in [0.2, 0.25) is 0 Å². The number of anilines is 1. The summed E-state index contributed by atoms with van der Waals surface area (Å²) in [5, 5.41) is 13.5. The normalized spacial score (nSPS) is 10.2. The first-order chi connectivity index (χ1) is 12.6. The first-order valence-corrected chi connectivity index (χ1v) is 8.30. The van der Waals surface area contributed by atoms with Gasteiger partial charge in [-0.3, -0.25) is 4.79 Å². The zero-order valence-electron chi connectivity index (χ0n) is 14.1. The minimum absolute atomic E-state index is 0.361. The Kier molecular flexibility index (Phi) is 6.76. The van der Waals surface area contributed by atoms with Gasteiger partial charge in [0.15, 0.2) is 18.1 Å². The molecule has 0 aliphatic carbocycles. The molecule has 1 N–H and O–H groups in total. The molecule has 0 atom stereocenters. The molecule has 0 unspecified atom stereocenters. The molecule has 1 amide bonds. The summed E-state index contributed by atoms with van der Waals surface area (Å²) >= 11 is 1.22. The largest absolute Gasteiger partial charge is 0.493 e. The molecule has 1 aromatic heterocycles. The summed E-state index contributed by atoms with van der Waals surface area (Å²) in [6, 6.07) is 8.79.